The summed E-state index contributed by atoms with van der Waals surface area (Å²) in [6.45, 7) is 7.19. The van der Waals surface area contributed by atoms with E-state index < -0.39 is 0 Å². The van der Waals surface area contributed by atoms with Gasteiger partial charge in [0.25, 0.3) is 0 Å². The Morgan fingerprint density at radius 3 is 2.85 bits per heavy atom. The maximum absolute atomic E-state index is 6.23. The van der Waals surface area contributed by atoms with Crippen LogP contribution < -0.4 is 5.32 Å². The number of hydrogen-bond donors (Lipinski definition) is 1. The first-order valence-electron chi connectivity index (χ1n) is 8.08. The van der Waals surface area contributed by atoms with Crippen molar-refractivity contribution in [1.29, 1.82) is 0 Å². The molecule has 1 aromatic carbocycles. The molecule has 1 aromatic rings. The van der Waals surface area contributed by atoms with Crippen LogP contribution in [0, 0.1) is 17.3 Å². The highest BCUT2D eigenvalue weighted by molar-refractivity contribution is 6.30. The molecule has 2 heteroatoms. The average Bonchev–Trinajstić information content (AvgIpc) is 2.44. The zero-order chi connectivity index (χ0) is 14.2. The predicted molar refractivity (Wildman–Crippen MR) is 86.3 cm³/mol. The van der Waals surface area contributed by atoms with Crippen LogP contribution in [0.4, 0.5) is 0 Å². The van der Waals surface area contributed by atoms with E-state index in [2.05, 4.69) is 37.4 Å². The molecule has 1 saturated heterocycles. The van der Waals surface area contributed by atoms with E-state index >= 15 is 0 Å². The third kappa shape index (κ3) is 2.51. The number of benzene rings is 1. The lowest BCUT2D eigenvalue weighted by Crippen LogP contribution is -2.49. The molecule has 1 nitrogen and oxygen atoms in total. The lowest BCUT2D eigenvalue weighted by molar-refractivity contribution is 0.0229. The van der Waals surface area contributed by atoms with Crippen LogP contribution in [0.2, 0.25) is 5.02 Å². The molecule has 1 aliphatic carbocycles. The molecular formula is C18H26ClN. The van der Waals surface area contributed by atoms with Crippen molar-refractivity contribution in [2.45, 2.75) is 45.4 Å². The van der Waals surface area contributed by atoms with Crippen LogP contribution >= 0.6 is 11.6 Å². The fourth-order valence-corrected chi connectivity index (χ4v) is 4.92. The summed E-state index contributed by atoms with van der Waals surface area (Å²) in [6, 6.07) is 8.55. The van der Waals surface area contributed by atoms with Crippen molar-refractivity contribution in [2.75, 3.05) is 13.1 Å². The minimum Gasteiger partial charge on any atom is -0.316 e. The van der Waals surface area contributed by atoms with Gasteiger partial charge in [-0.1, -0.05) is 44.0 Å². The number of halogens is 1. The van der Waals surface area contributed by atoms with Gasteiger partial charge in [-0.2, -0.15) is 0 Å². The highest BCUT2D eigenvalue weighted by Crippen LogP contribution is 2.55. The van der Waals surface area contributed by atoms with Crippen LogP contribution in [0.5, 0.6) is 0 Å². The minimum absolute atomic E-state index is 0.489. The van der Waals surface area contributed by atoms with Crippen LogP contribution in [0.15, 0.2) is 24.3 Å². The molecule has 4 atom stereocenters. The number of rotatable bonds is 1. The van der Waals surface area contributed by atoms with Crippen molar-refractivity contribution in [3.05, 3.63) is 34.9 Å². The molecule has 1 N–H and O–H groups in total. The summed E-state index contributed by atoms with van der Waals surface area (Å²) in [6.07, 6.45) is 5.48. The van der Waals surface area contributed by atoms with Crippen LogP contribution in [0.1, 0.15) is 51.0 Å². The molecule has 1 saturated carbocycles. The topological polar surface area (TPSA) is 12.0 Å². The molecule has 0 radical (unpaired) electrons. The second-order valence-electron chi connectivity index (χ2n) is 7.08. The molecule has 3 rings (SSSR count). The van der Waals surface area contributed by atoms with Crippen LogP contribution in [0.25, 0.3) is 0 Å². The van der Waals surface area contributed by atoms with Gasteiger partial charge in [-0.25, -0.2) is 0 Å². The largest absolute Gasteiger partial charge is 0.316 e. The third-order valence-corrected chi connectivity index (χ3v) is 6.14. The second-order valence-corrected chi connectivity index (χ2v) is 7.51. The lowest BCUT2D eigenvalue weighted by Gasteiger charge is -2.52. The number of hydrogen-bond acceptors (Lipinski definition) is 1. The quantitative estimate of drug-likeness (QED) is 0.779. The smallest absolute Gasteiger partial charge is 0.0408 e. The van der Waals surface area contributed by atoms with Crippen LogP contribution in [0.3, 0.4) is 0 Å². The van der Waals surface area contributed by atoms with Gasteiger partial charge in [0, 0.05) is 17.5 Å². The molecule has 0 bridgehead atoms. The Bertz CT molecular complexity index is 472. The zero-order valence-electron chi connectivity index (χ0n) is 12.7. The normalized spacial score (nSPS) is 38.0. The molecular weight excluding hydrogens is 266 g/mol. The SMILES string of the molecule is CC1CCC2(CCNCC2c2cccc(Cl)c2)C(C)C1. The molecule has 1 heterocycles. The van der Waals surface area contributed by atoms with Gasteiger partial charge in [0.05, 0.1) is 0 Å². The minimum atomic E-state index is 0.489. The number of nitrogens with one attached hydrogen (secondary N) is 1. The van der Waals surface area contributed by atoms with Gasteiger partial charge in [-0.3, -0.25) is 0 Å². The Balaban J connectivity index is 1.95. The van der Waals surface area contributed by atoms with Crippen LogP contribution in [-0.2, 0) is 0 Å². The maximum Gasteiger partial charge on any atom is 0.0408 e. The first kappa shape index (κ1) is 14.4. The van der Waals surface area contributed by atoms with E-state index in [9.17, 15) is 0 Å². The van der Waals surface area contributed by atoms with E-state index in [0.717, 1.165) is 23.4 Å². The van der Waals surface area contributed by atoms with Crippen molar-refractivity contribution in [3.63, 3.8) is 0 Å². The fraction of sp³-hybridized carbons (Fsp3) is 0.667. The van der Waals surface area contributed by atoms with E-state index in [4.69, 9.17) is 11.6 Å². The summed E-state index contributed by atoms with van der Waals surface area (Å²) in [5.74, 6) is 2.33. The monoisotopic (exact) mass is 291 g/mol. The molecule has 110 valence electrons. The first-order chi connectivity index (χ1) is 9.62. The second kappa shape index (κ2) is 5.69. The molecule has 1 spiro atoms. The standard InChI is InChI=1S/C18H26ClN/c1-13-6-7-18(14(2)10-13)8-9-20-12-17(18)15-4-3-5-16(19)11-15/h3-5,11,13-14,17,20H,6-10,12H2,1-2H3. The summed E-state index contributed by atoms with van der Waals surface area (Å²) < 4.78 is 0. The van der Waals surface area contributed by atoms with E-state index in [-0.39, 0.29) is 0 Å². The molecule has 4 unspecified atom stereocenters. The van der Waals surface area contributed by atoms with Gasteiger partial charge < -0.3 is 5.32 Å². The molecule has 0 aromatic heterocycles. The summed E-state index contributed by atoms with van der Waals surface area (Å²) >= 11 is 6.23. The molecule has 2 aliphatic rings. The van der Waals surface area contributed by atoms with E-state index in [1.165, 1.54) is 37.8 Å². The van der Waals surface area contributed by atoms with Crippen molar-refractivity contribution < 1.29 is 0 Å². The van der Waals surface area contributed by atoms with E-state index in [1.807, 2.05) is 6.07 Å². The van der Waals surface area contributed by atoms with Gasteiger partial charge in [-0.15, -0.1) is 0 Å². The summed E-state index contributed by atoms with van der Waals surface area (Å²) in [5, 5.41) is 4.49. The Labute approximate surface area is 128 Å². The van der Waals surface area contributed by atoms with Gasteiger partial charge in [0.2, 0.25) is 0 Å². The summed E-state index contributed by atoms with van der Waals surface area (Å²) in [4.78, 5) is 0. The van der Waals surface area contributed by atoms with E-state index in [0.29, 0.717) is 11.3 Å². The Kier molecular flexibility index (Phi) is 4.10. The van der Waals surface area contributed by atoms with Gasteiger partial charge in [0.1, 0.15) is 0 Å². The first-order valence-corrected chi connectivity index (χ1v) is 8.46. The molecule has 2 fully saturated rings. The Morgan fingerprint density at radius 2 is 2.10 bits per heavy atom. The zero-order valence-corrected chi connectivity index (χ0v) is 13.4. The highest BCUT2D eigenvalue weighted by atomic mass is 35.5. The van der Waals surface area contributed by atoms with Gasteiger partial charge in [-0.05, 0) is 60.8 Å². The number of piperidine rings is 1. The highest BCUT2D eigenvalue weighted by Gasteiger charge is 2.47. The van der Waals surface area contributed by atoms with Gasteiger partial charge in [0.15, 0.2) is 0 Å². The molecule has 0 amide bonds. The maximum atomic E-state index is 6.23. The van der Waals surface area contributed by atoms with Crippen LogP contribution in [-0.4, -0.2) is 13.1 Å². The van der Waals surface area contributed by atoms with Crippen molar-refractivity contribution >= 4 is 11.6 Å². The summed E-state index contributed by atoms with van der Waals surface area (Å²) in [5.41, 5.74) is 1.92. The molecule has 1 aliphatic heterocycles. The Hall–Kier alpha value is -0.530. The predicted octanol–water partition coefficient (Wildman–Crippen LogP) is 4.86. The van der Waals surface area contributed by atoms with Crippen molar-refractivity contribution in [1.82, 2.24) is 5.32 Å². The van der Waals surface area contributed by atoms with E-state index in [1.54, 1.807) is 0 Å². The third-order valence-electron chi connectivity index (χ3n) is 5.90. The van der Waals surface area contributed by atoms with Crippen molar-refractivity contribution in [2.24, 2.45) is 17.3 Å². The lowest BCUT2D eigenvalue weighted by atomic mass is 9.54. The fourth-order valence-electron chi connectivity index (χ4n) is 4.72. The Morgan fingerprint density at radius 1 is 1.25 bits per heavy atom. The molecule has 20 heavy (non-hydrogen) atoms. The average molecular weight is 292 g/mol. The summed E-state index contributed by atoms with van der Waals surface area (Å²) in [7, 11) is 0. The van der Waals surface area contributed by atoms with Gasteiger partial charge >= 0.3 is 0 Å². The van der Waals surface area contributed by atoms with Crippen molar-refractivity contribution in [3.8, 4) is 0 Å².